The van der Waals surface area contributed by atoms with Crippen molar-refractivity contribution in [3.63, 3.8) is 0 Å². The lowest BCUT2D eigenvalue weighted by atomic mass is 9.53. The predicted molar refractivity (Wildman–Crippen MR) is 97.4 cm³/mol. The van der Waals surface area contributed by atoms with Gasteiger partial charge in [0.25, 0.3) is 0 Å². The van der Waals surface area contributed by atoms with Crippen molar-refractivity contribution >= 4 is 40.7 Å². The molecule has 1 aliphatic heterocycles. The molecule has 2 N–H and O–H groups in total. The summed E-state index contributed by atoms with van der Waals surface area (Å²) in [5.41, 5.74) is 0.0761. The molecule has 2 atom stereocenters. The fourth-order valence-corrected chi connectivity index (χ4v) is 5.85. The van der Waals surface area contributed by atoms with Crippen LogP contribution in [-0.2, 0) is 4.79 Å². The number of carbonyl (C=O) groups is 1. The van der Waals surface area contributed by atoms with Crippen LogP contribution in [0.25, 0.3) is 0 Å². The summed E-state index contributed by atoms with van der Waals surface area (Å²) < 4.78 is -0.750. The highest BCUT2D eigenvalue weighted by atomic mass is 35.6. The smallest absolute Gasteiger partial charge is 0.227 e. The van der Waals surface area contributed by atoms with E-state index in [0.717, 1.165) is 17.8 Å². The summed E-state index contributed by atoms with van der Waals surface area (Å²) in [7, 11) is 1.97. The molecular formula is C17H27Cl3N2O2. The van der Waals surface area contributed by atoms with Crippen molar-refractivity contribution < 1.29 is 9.90 Å². The van der Waals surface area contributed by atoms with Crippen LogP contribution >= 0.6 is 34.8 Å². The minimum Gasteiger partial charge on any atom is -0.391 e. The first kappa shape index (κ1) is 19.0. The van der Waals surface area contributed by atoms with Gasteiger partial charge >= 0.3 is 0 Å². The molecule has 4 nitrogen and oxygen atoms in total. The van der Waals surface area contributed by atoms with Gasteiger partial charge in [-0.1, -0.05) is 34.8 Å². The summed E-state index contributed by atoms with van der Waals surface area (Å²) in [5, 5.41) is 13.4. The Morgan fingerprint density at radius 3 is 1.92 bits per heavy atom. The molecule has 1 saturated heterocycles. The van der Waals surface area contributed by atoms with Crippen molar-refractivity contribution in [2.45, 2.75) is 54.5 Å². The van der Waals surface area contributed by atoms with Crippen molar-refractivity contribution in [1.82, 2.24) is 10.2 Å². The number of carbonyl (C=O) groups excluding carboxylic acids is 1. The SMILES string of the molecule is CN1CC(O)C(C(=O)NC23CC4CC(CC(C4)C2)C3)C1.ClC(Cl)Cl. The summed E-state index contributed by atoms with van der Waals surface area (Å²) in [6.07, 6.45) is 7.24. The van der Waals surface area contributed by atoms with E-state index in [9.17, 15) is 9.90 Å². The number of likely N-dealkylation sites (tertiary alicyclic amines) is 1. The molecule has 4 saturated carbocycles. The molecule has 0 spiro atoms. The minimum absolute atomic E-state index is 0.0761. The highest BCUT2D eigenvalue weighted by Gasteiger charge is 2.52. The maximum absolute atomic E-state index is 12.6. The van der Waals surface area contributed by atoms with Gasteiger partial charge in [-0.15, -0.1) is 0 Å². The molecule has 7 heteroatoms. The average Bonchev–Trinajstić information content (AvgIpc) is 2.75. The molecule has 5 aliphatic rings. The van der Waals surface area contributed by atoms with Crippen LogP contribution < -0.4 is 5.32 Å². The Morgan fingerprint density at radius 2 is 1.54 bits per heavy atom. The van der Waals surface area contributed by atoms with Crippen molar-refractivity contribution in [3.8, 4) is 0 Å². The van der Waals surface area contributed by atoms with Crippen LogP contribution in [-0.4, -0.2) is 52.0 Å². The Kier molecular flexibility index (Phi) is 5.93. The molecule has 2 unspecified atom stereocenters. The number of rotatable bonds is 2. The number of hydrogen-bond acceptors (Lipinski definition) is 3. The van der Waals surface area contributed by atoms with E-state index < -0.39 is 10.4 Å². The van der Waals surface area contributed by atoms with Crippen LogP contribution in [0.4, 0.5) is 0 Å². The molecule has 5 fully saturated rings. The maximum Gasteiger partial charge on any atom is 0.227 e. The summed E-state index contributed by atoms with van der Waals surface area (Å²) in [6.45, 7) is 1.32. The van der Waals surface area contributed by atoms with Crippen molar-refractivity contribution in [3.05, 3.63) is 0 Å². The second-order valence-corrected chi connectivity index (χ2v) is 10.3. The van der Waals surface area contributed by atoms with Crippen molar-refractivity contribution in [2.75, 3.05) is 20.1 Å². The number of β-amino-alcohol motifs (C(OH)–C–C–N with tert-alkyl or cyclic N) is 1. The summed E-state index contributed by atoms with van der Waals surface area (Å²) in [5.74, 6) is 2.41. The van der Waals surface area contributed by atoms with Gasteiger partial charge in [-0.2, -0.15) is 0 Å². The molecule has 4 aliphatic carbocycles. The molecule has 5 rings (SSSR count). The Bertz CT molecular complexity index is 437. The minimum atomic E-state index is -0.750. The number of alkyl halides is 3. The topological polar surface area (TPSA) is 52.6 Å². The highest BCUT2D eigenvalue weighted by Crippen LogP contribution is 2.55. The first-order valence-corrected chi connectivity index (χ1v) is 10.2. The number of aliphatic hydroxyl groups is 1. The second kappa shape index (κ2) is 7.48. The summed E-state index contributed by atoms with van der Waals surface area (Å²) >= 11 is 14.4. The van der Waals surface area contributed by atoms with Crippen LogP contribution in [0.2, 0.25) is 0 Å². The fourth-order valence-electron chi connectivity index (χ4n) is 5.85. The summed E-state index contributed by atoms with van der Waals surface area (Å²) in [6, 6.07) is 0. The van der Waals surface area contributed by atoms with Crippen molar-refractivity contribution in [2.24, 2.45) is 23.7 Å². The molecule has 24 heavy (non-hydrogen) atoms. The van der Waals surface area contributed by atoms with Gasteiger partial charge in [0.2, 0.25) is 5.91 Å². The van der Waals surface area contributed by atoms with E-state index in [0.29, 0.717) is 13.1 Å². The zero-order valence-electron chi connectivity index (χ0n) is 14.1. The zero-order valence-corrected chi connectivity index (χ0v) is 16.3. The molecule has 0 radical (unpaired) electrons. The first-order chi connectivity index (χ1) is 11.3. The summed E-state index contributed by atoms with van der Waals surface area (Å²) in [4.78, 5) is 14.6. The normalized spacial score (nSPS) is 43.7. The van der Waals surface area contributed by atoms with Crippen LogP contribution in [0.1, 0.15) is 38.5 Å². The van der Waals surface area contributed by atoms with E-state index in [1.807, 2.05) is 7.05 Å². The van der Waals surface area contributed by atoms with Gasteiger partial charge in [-0.3, -0.25) is 4.79 Å². The molecule has 4 bridgehead atoms. The quantitative estimate of drug-likeness (QED) is 0.704. The molecule has 138 valence electrons. The lowest BCUT2D eigenvalue weighted by Gasteiger charge is -2.57. The van der Waals surface area contributed by atoms with Crippen molar-refractivity contribution in [1.29, 1.82) is 0 Å². The van der Waals surface area contributed by atoms with Gasteiger partial charge in [-0.05, 0) is 63.3 Å². The largest absolute Gasteiger partial charge is 0.391 e. The van der Waals surface area contributed by atoms with Gasteiger partial charge < -0.3 is 15.3 Å². The third-order valence-electron chi connectivity index (χ3n) is 6.23. The average molecular weight is 398 g/mol. The number of aliphatic hydroxyl groups excluding tert-OH is 1. The lowest BCUT2D eigenvalue weighted by molar-refractivity contribution is -0.132. The number of amides is 1. The van der Waals surface area contributed by atoms with E-state index in [1.165, 1.54) is 38.5 Å². The number of hydrogen-bond donors (Lipinski definition) is 2. The second-order valence-electron chi connectivity index (χ2n) is 8.33. The lowest BCUT2D eigenvalue weighted by Crippen LogP contribution is -2.61. The van der Waals surface area contributed by atoms with Crippen LogP contribution in [0.5, 0.6) is 0 Å². The van der Waals surface area contributed by atoms with Gasteiger partial charge in [0, 0.05) is 18.6 Å². The van der Waals surface area contributed by atoms with Crippen LogP contribution in [0.3, 0.4) is 0 Å². The monoisotopic (exact) mass is 396 g/mol. The number of nitrogens with zero attached hydrogens (tertiary/aromatic N) is 1. The van der Waals surface area contributed by atoms with Gasteiger partial charge in [0.1, 0.15) is 0 Å². The molecule has 1 heterocycles. The number of halogens is 3. The number of likely N-dealkylation sites (N-methyl/N-ethyl adjacent to an activating group) is 1. The standard InChI is InChI=1S/C16H26N2O2.CHCl3/c1-18-8-13(14(19)9-18)15(20)17-16-5-10-2-11(6-16)4-12(3-10)7-16;2-1(3)4/h10-14,19H,2-9H2,1H3,(H,17,20);1H. The van der Waals surface area contributed by atoms with Gasteiger partial charge in [0.15, 0.2) is 4.30 Å². The van der Waals surface area contributed by atoms with Gasteiger partial charge in [0.05, 0.1) is 12.0 Å². The third kappa shape index (κ3) is 4.32. The van der Waals surface area contributed by atoms with E-state index >= 15 is 0 Å². The predicted octanol–water partition coefficient (Wildman–Crippen LogP) is 2.98. The van der Waals surface area contributed by atoms with Crippen LogP contribution in [0, 0.1) is 23.7 Å². The Hall–Kier alpha value is 0.260. The van der Waals surface area contributed by atoms with Crippen LogP contribution in [0.15, 0.2) is 0 Å². The molecule has 0 aromatic carbocycles. The highest BCUT2D eigenvalue weighted by molar-refractivity contribution is 6.63. The number of nitrogens with one attached hydrogen (secondary N) is 1. The zero-order chi connectivity index (χ0) is 17.5. The fraction of sp³-hybridized carbons (Fsp3) is 0.941. The Balaban J connectivity index is 0.000000383. The van der Waals surface area contributed by atoms with E-state index in [-0.39, 0.29) is 17.4 Å². The Labute approximate surface area is 159 Å². The first-order valence-electron chi connectivity index (χ1n) is 8.87. The molecule has 0 aromatic rings. The van der Waals surface area contributed by atoms with E-state index in [2.05, 4.69) is 10.2 Å². The molecule has 1 amide bonds. The maximum atomic E-state index is 12.6. The van der Waals surface area contributed by atoms with E-state index in [1.54, 1.807) is 0 Å². The van der Waals surface area contributed by atoms with Gasteiger partial charge in [-0.25, -0.2) is 0 Å². The molecular weight excluding hydrogens is 371 g/mol. The van der Waals surface area contributed by atoms with E-state index in [4.69, 9.17) is 34.8 Å². The molecule has 0 aromatic heterocycles. The third-order valence-corrected chi connectivity index (χ3v) is 6.23. The Morgan fingerprint density at radius 1 is 1.08 bits per heavy atom.